The van der Waals surface area contributed by atoms with Gasteiger partial charge in [-0.15, -0.1) is 0 Å². The van der Waals surface area contributed by atoms with E-state index in [9.17, 15) is 0 Å². The second-order valence-corrected chi connectivity index (χ2v) is 19.9. The van der Waals surface area contributed by atoms with Gasteiger partial charge in [0.15, 0.2) is 0 Å². The molecular formula is C23H51O3SSi2. The summed E-state index contributed by atoms with van der Waals surface area (Å²) in [6.07, 6.45) is 11.0. The first-order valence-electron chi connectivity index (χ1n) is 11.6. The zero-order valence-electron chi connectivity index (χ0n) is 21.5. The van der Waals surface area contributed by atoms with Crippen molar-refractivity contribution in [3.63, 3.8) is 0 Å². The SMILES string of the molecule is CCCCO[Si](CC(C)(C)C)(OCCCC)OC(CCC)(C(C)(C)C)S(C)(C)[Si]. The van der Waals surface area contributed by atoms with Gasteiger partial charge in [-0.05, 0) is 42.6 Å². The average Bonchev–Trinajstić information content (AvgIpc) is 2.51. The zero-order valence-corrected chi connectivity index (χ0v) is 24.3. The van der Waals surface area contributed by atoms with Crippen molar-refractivity contribution in [2.45, 2.75) is 112 Å². The van der Waals surface area contributed by atoms with E-state index < -0.39 is 18.3 Å². The van der Waals surface area contributed by atoms with Gasteiger partial charge in [-0.25, -0.2) is 9.48 Å². The molecule has 0 rings (SSSR count). The predicted octanol–water partition coefficient (Wildman–Crippen LogP) is 7.31. The van der Waals surface area contributed by atoms with Gasteiger partial charge in [0.05, 0.1) is 14.3 Å². The van der Waals surface area contributed by atoms with Crippen LogP contribution in [0.4, 0.5) is 0 Å². The van der Waals surface area contributed by atoms with E-state index in [4.69, 9.17) is 13.3 Å². The smallest absolute Gasteiger partial charge is 0.373 e. The Balaban J connectivity index is 6.37. The van der Waals surface area contributed by atoms with Crippen LogP contribution in [0.5, 0.6) is 0 Å². The maximum Gasteiger partial charge on any atom is 0.502 e. The van der Waals surface area contributed by atoms with Crippen molar-refractivity contribution in [1.29, 1.82) is 0 Å². The van der Waals surface area contributed by atoms with Crippen molar-refractivity contribution in [2.24, 2.45) is 10.8 Å². The Hall–Kier alpha value is 0.664. The monoisotopic (exact) mass is 463 g/mol. The highest BCUT2D eigenvalue weighted by Crippen LogP contribution is 2.62. The number of rotatable bonds is 14. The van der Waals surface area contributed by atoms with E-state index in [1.54, 1.807) is 0 Å². The quantitative estimate of drug-likeness (QED) is 0.199. The highest BCUT2D eigenvalue weighted by molar-refractivity contribution is 8.50. The second-order valence-electron chi connectivity index (χ2n) is 11.0. The molecule has 0 aromatic carbocycles. The van der Waals surface area contributed by atoms with Crippen molar-refractivity contribution in [3.8, 4) is 0 Å². The molecule has 0 saturated heterocycles. The van der Waals surface area contributed by atoms with Crippen LogP contribution in [0.25, 0.3) is 0 Å². The van der Waals surface area contributed by atoms with E-state index in [1.165, 1.54) is 0 Å². The largest absolute Gasteiger partial charge is 0.502 e. The van der Waals surface area contributed by atoms with Crippen LogP contribution in [0.3, 0.4) is 0 Å². The van der Waals surface area contributed by atoms with Crippen LogP contribution in [0, 0.1) is 10.8 Å². The highest BCUT2D eigenvalue weighted by atomic mass is 32.4. The van der Waals surface area contributed by atoms with Crippen molar-refractivity contribution in [1.82, 2.24) is 0 Å². The van der Waals surface area contributed by atoms with Crippen LogP contribution in [0.15, 0.2) is 0 Å². The van der Waals surface area contributed by atoms with Crippen LogP contribution in [-0.2, 0) is 13.3 Å². The molecule has 0 aliphatic carbocycles. The van der Waals surface area contributed by atoms with E-state index in [-0.39, 0.29) is 15.8 Å². The predicted molar refractivity (Wildman–Crippen MR) is 135 cm³/mol. The van der Waals surface area contributed by atoms with Crippen LogP contribution in [0.2, 0.25) is 6.04 Å². The van der Waals surface area contributed by atoms with Crippen LogP contribution >= 0.6 is 9.48 Å². The van der Waals surface area contributed by atoms with E-state index in [0.717, 1.165) is 57.8 Å². The minimum Gasteiger partial charge on any atom is -0.373 e. The van der Waals surface area contributed by atoms with Gasteiger partial charge in [0.25, 0.3) is 0 Å². The van der Waals surface area contributed by atoms with Gasteiger partial charge in [0.1, 0.15) is 0 Å². The van der Waals surface area contributed by atoms with Gasteiger partial charge < -0.3 is 13.3 Å². The Labute approximate surface area is 189 Å². The Morgan fingerprint density at radius 2 is 1.24 bits per heavy atom. The topological polar surface area (TPSA) is 27.7 Å². The molecule has 1 unspecified atom stereocenters. The third-order valence-electron chi connectivity index (χ3n) is 5.25. The summed E-state index contributed by atoms with van der Waals surface area (Å²) in [5, 5.41) is 0. The number of hydrogen-bond donors (Lipinski definition) is 0. The van der Waals surface area contributed by atoms with E-state index >= 15 is 0 Å². The zero-order chi connectivity index (χ0) is 23.0. The molecule has 175 valence electrons. The number of unbranched alkanes of at least 4 members (excludes halogenated alkanes) is 2. The molecule has 29 heavy (non-hydrogen) atoms. The molecule has 0 aromatic heterocycles. The molecular weight excluding hydrogens is 412 g/mol. The molecule has 0 aliphatic heterocycles. The molecule has 0 fully saturated rings. The number of hydrogen-bond acceptors (Lipinski definition) is 3. The summed E-state index contributed by atoms with van der Waals surface area (Å²) in [6.45, 7) is 21.9. The lowest BCUT2D eigenvalue weighted by atomic mass is 9.86. The van der Waals surface area contributed by atoms with Crippen molar-refractivity contribution in [2.75, 3.05) is 25.7 Å². The average molecular weight is 464 g/mol. The van der Waals surface area contributed by atoms with Gasteiger partial charge in [-0.3, -0.25) is 0 Å². The van der Waals surface area contributed by atoms with Crippen LogP contribution in [-0.4, -0.2) is 48.9 Å². The normalized spacial score (nSPS) is 16.7. The minimum atomic E-state index is -2.91. The Morgan fingerprint density at radius 3 is 1.52 bits per heavy atom. The first-order chi connectivity index (χ1) is 13.1. The van der Waals surface area contributed by atoms with Crippen LogP contribution < -0.4 is 0 Å². The first kappa shape index (κ1) is 29.7. The van der Waals surface area contributed by atoms with Crippen LogP contribution in [0.1, 0.15) is 101 Å². The van der Waals surface area contributed by atoms with Crippen molar-refractivity contribution < 1.29 is 13.3 Å². The van der Waals surface area contributed by atoms with E-state index in [1.807, 2.05) is 0 Å². The van der Waals surface area contributed by atoms with Gasteiger partial charge in [-0.1, -0.05) is 81.6 Å². The Kier molecular flexibility index (Phi) is 12.3. The molecule has 3 radical (unpaired) electrons. The lowest BCUT2D eigenvalue weighted by molar-refractivity contribution is -0.0457. The third-order valence-corrected chi connectivity index (χ3v) is 12.4. The molecule has 0 saturated carbocycles. The Morgan fingerprint density at radius 1 is 0.793 bits per heavy atom. The maximum absolute atomic E-state index is 7.35. The molecule has 1 atom stereocenters. The summed E-state index contributed by atoms with van der Waals surface area (Å²) in [7, 11) is 0.0212. The summed E-state index contributed by atoms with van der Waals surface area (Å²) in [5.41, 5.74) is 0.0354. The second kappa shape index (κ2) is 12.1. The molecule has 3 nitrogen and oxygen atoms in total. The summed E-state index contributed by atoms with van der Waals surface area (Å²) >= 11 is 0. The first-order valence-corrected chi connectivity index (χ1v) is 17.2. The fourth-order valence-corrected chi connectivity index (χ4v) is 12.6. The fourth-order valence-electron chi connectivity index (χ4n) is 3.92. The van der Waals surface area contributed by atoms with Crippen molar-refractivity contribution in [3.05, 3.63) is 0 Å². The van der Waals surface area contributed by atoms with Gasteiger partial charge in [0, 0.05) is 19.3 Å². The molecule has 0 bridgehead atoms. The van der Waals surface area contributed by atoms with E-state index in [2.05, 4.69) is 84.2 Å². The summed E-state index contributed by atoms with van der Waals surface area (Å²) in [5.74, 6) is 0. The van der Waals surface area contributed by atoms with Gasteiger partial charge >= 0.3 is 8.80 Å². The summed E-state index contributed by atoms with van der Waals surface area (Å²) in [4.78, 5) is -0.318. The highest BCUT2D eigenvalue weighted by Gasteiger charge is 2.57. The summed E-state index contributed by atoms with van der Waals surface area (Å²) in [6, 6.07) is 0.844. The molecule has 0 aliphatic rings. The van der Waals surface area contributed by atoms with Crippen molar-refractivity contribution >= 4 is 27.7 Å². The molecule has 6 heteroatoms. The molecule has 0 spiro atoms. The van der Waals surface area contributed by atoms with Gasteiger partial charge in [-0.2, -0.15) is 0 Å². The molecule has 0 amide bonds. The third kappa shape index (κ3) is 9.36. The lowest BCUT2D eigenvalue weighted by Gasteiger charge is -2.59. The van der Waals surface area contributed by atoms with Gasteiger partial charge in [0.2, 0.25) is 0 Å². The Bertz CT molecular complexity index is 427. The minimum absolute atomic E-state index is 0.0397. The van der Waals surface area contributed by atoms with E-state index in [0.29, 0.717) is 0 Å². The lowest BCUT2D eigenvalue weighted by Crippen LogP contribution is -2.60. The fraction of sp³-hybridized carbons (Fsp3) is 1.00. The molecule has 0 aromatic rings. The summed E-state index contributed by atoms with van der Waals surface area (Å²) < 4.78 is 20.7. The maximum atomic E-state index is 7.35. The molecule has 0 N–H and O–H groups in total. The standard InChI is InChI=1S/C23H51O3SSi2/c1-12-15-18-24-29(20-21(4,5)6,25-19-16-13-2)26-23(17-14-3,22(7,8)9)27(10,11)28/h12-20H2,1-11H3. The molecule has 0 heterocycles.